The molecular formula is C28H35N5O4. The molecule has 1 atom stereocenters. The molecule has 1 unspecified atom stereocenters. The Morgan fingerprint density at radius 2 is 1.73 bits per heavy atom. The molecule has 1 saturated heterocycles. The molecule has 37 heavy (non-hydrogen) atoms. The van der Waals surface area contributed by atoms with E-state index in [1.807, 2.05) is 35.2 Å². The van der Waals surface area contributed by atoms with Crippen LogP contribution in [0.1, 0.15) is 37.4 Å². The van der Waals surface area contributed by atoms with Crippen molar-refractivity contribution < 1.29 is 14.3 Å². The Morgan fingerprint density at radius 1 is 1.05 bits per heavy atom. The Hall–Kier alpha value is -3.59. The van der Waals surface area contributed by atoms with Crippen molar-refractivity contribution in [2.45, 2.75) is 38.3 Å². The summed E-state index contributed by atoms with van der Waals surface area (Å²) in [4.78, 5) is 38.8. The molecule has 196 valence electrons. The summed E-state index contributed by atoms with van der Waals surface area (Å²) in [6, 6.07) is 17.4. The van der Waals surface area contributed by atoms with Gasteiger partial charge < -0.3 is 14.5 Å². The lowest BCUT2D eigenvalue weighted by molar-refractivity contribution is -0.144. The standard InChI is InChI=1S/C25H28N4O3.C3H7NO/c30-24(28-14-15-32-23(17-28)19-6-2-1-3-7-19)20-12-10-18(11-13-20)16-29-25(31)21-8-4-5-9-22(21)26-27-29;1-4(2)3-5/h1-9,18,20,23H,10-17H2;3H,1-2H3. The molecule has 1 aliphatic carbocycles. The first kappa shape index (κ1) is 26.5. The normalized spacial score (nSPS) is 21.6. The predicted octanol–water partition coefficient (Wildman–Crippen LogP) is 2.90. The van der Waals surface area contributed by atoms with Crippen molar-refractivity contribution >= 4 is 23.2 Å². The first-order valence-corrected chi connectivity index (χ1v) is 12.9. The molecule has 5 rings (SSSR count). The van der Waals surface area contributed by atoms with Crippen molar-refractivity contribution in [2.75, 3.05) is 33.8 Å². The quantitative estimate of drug-likeness (QED) is 0.495. The van der Waals surface area contributed by atoms with Crippen molar-refractivity contribution in [3.8, 4) is 0 Å². The van der Waals surface area contributed by atoms with E-state index in [0.717, 1.165) is 37.7 Å². The van der Waals surface area contributed by atoms with Crippen LogP contribution >= 0.6 is 0 Å². The van der Waals surface area contributed by atoms with Crippen molar-refractivity contribution in [1.82, 2.24) is 24.8 Å². The number of ether oxygens (including phenoxy) is 1. The van der Waals surface area contributed by atoms with Crippen LogP contribution in [0.25, 0.3) is 10.9 Å². The third kappa shape index (κ3) is 6.80. The van der Waals surface area contributed by atoms with Crippen LogP contribution in [0.15, 0.2) is 59.4 Å². The van der Waals surface area contributed by atoms with Crippen LogP contribution < -0.4 is 5.56 Å². The second-order valence-corrected chi connectivity index (χ2v) is 9.93. The molecule has 9 nitrogen and oxygen atoms in total. The fraction of sp³-hybridized carbons (Fsp3) is 0.464. The summed E-state index contributed by atoms with van der Waals surface area (Å²) in [6.07, 6.45) is 4.25. The van der Waals surface area contributed by atoms with E-state index in [9.17, 15) is 14.4 Å². The maximum atomic E-state index is 13.2. The highest BCUT2D eigenvalue weighted by atomic mass is 16.5. The minimum absolute atomic E-state index is 0.0522. The molecule has 2 heterocycles. The van der Waals surface area contributed by atoms with E-state index >= 15 is 0 Å². The van der Waals surface area contributed by atoms with E-state index in [1.165, 1.54) is 9.58 Å². The fourth-order valence-corrected chi connectivity index (χ4v) is 4.96. The van der Waals surface area contributed by atoms with Gasteiger partial charge in [-0.1, -0.05) is 47.7 Å². The first-order chi connectivity index (χ1) is 18.0. The lowest BCUT2D eigenvalue weighted by atomic mass is 9.81. The number of hydrogen-bond acceptors (Lipinski definition) is 6. The third-order valence-corrected chi connectivity index (χ3v) is 7.02. The van der Waals surface area contributed by atoms with Gasteiger partial charge in [-0.25, -0.2) is 4.68 Å². The minimum atomic E-state index is -0.0888. The Morgan fingerprint density at radius 3 is 2.43 bits per heavy atom. The maximum absolute atomic E-state index is 13.2. The Labute approximate surface area is 217 Å². The van der Waals surface area contributed by atoms with Gasteiger partial charge in [-0.2, -0.15) is 0 Å². The van der Waals surface area contributed by atoms with Crippen LogP contribution in [0.3, 0.4) is 0 Å². The minimum Gasteiger partial charge on any atom is -0.370 e. The average molecular weight is 506 g/mol. The molecule has 2 aliphatic rings. The van der Waals surface area contributed by atoms with Gasteiger partial charge in [0, 0.05) is 33.1 Å². The van der Waals surface area contributed by atoms with Gasteiger partial charge in [0.1, 0.15) is 11.6 Å². The third-order valence-electron chi connectivity index (χ3n) is 7.02. The van der Waals surface area contributed by atoms with Crippen LogP contribution in [0, 0.1) is 11.8 Å². The van der Waals surface area contributed by atoms with E-state index in [4.69, 9.17) is 4.74 Å². The summed E-state index contributed by atoms with van der Waals surface area (Å²) in [7, 11) is 3.38. The lowest BCUT2D eigenvalue weighted by Gasteiger charge is -2.37. The summed E-state index contributed by atoms with van der Waals surface area (Å²) in [5.74, 6) is 0.643. The number of carbonyl (C=O) groups excluding carboxylic acids is 2. The summed E-state index contributed by atoms with van der Waals surface area (Å²) in [5.41, 5.74) is 1.66. The molecule has 0 bridgehead atoms. The van der Waals surface area contributed by atoms with Gasteiger partial charge in [0.05, 0.1) is 18.5 Å². The maximum Gasteiger partial charge on any atom is 0.277 e. The van der Waals surface area contributed by atoms with Gasteiger partial charge in [0.15, 0.2) is 0 Å². The number of morpholine rings is 1. The molecule has 1 saturated carbocycles. The average Bonchev–Trinajstić information content (AvgIpc) is 2.95. The summed E-state index contributed by atoms with van der Waals surface area (Å²) < 4.78 is 7.41. The number of aromatic nitrogens is 3. The van der Waals surface area contributed by atoms with Crippen LogP contribution in [-0.2, 0) is 20.9 Å². The van der Waals surface area contributed by atoms with Crippen molar-refractivity contribution in [3.63, 3.8) is 0 Å². The van der Waals surface area contributed by atoms with Crippen LogP contribution in [0.4, 0.5) is 0 Å². The molecule has 0 radical (unpaired) electrons. The summed E-state index contributed by atoms with van der Waals surface area (Å²) in [6.45, 7) is 2.41. The van der Waals surface area contributed by atoms with E-state index in [2.05, 4.69) is 22.4 Å². The Kier molecular flexibility index (Phi) is 9.00. The second kappa shape index (κ2) is 12.6. The number of benzene rings is 2. The first-order valence-electron chi connectivity index (χ1n) is 12.9. The Bertz CT molecular complexity index is 1240. The van der Waals surface area contributed by atoms with E-state index < -0.39 is 0 Å². The number of carbonyl (C=O) groups is 2. The molecule has 3 aromatic rings. The molecule has 2 amide bonds. The van der Waals surface area contributed by atoms with Crippen molar-refractivity contribution in [3.05, 3.63) is 70.5 Å². The van der Waals surface area contributed by atoms with Crippen molar-refractivity contribution in [2.24, 2.45) is 11.8 Å². The van der Waals surface area contributed by atoms with E-state index in [1.54, 1.807) is 26.2 Å². The molecule has 1 aromatic heterocycles. The highest BCUT2D eigenvalue weighted by Crippen LogP contribution is 2.32. The zero-order valence-electron chi connectivity index (χ0n) is 21.5. The predicted molar refractivity (Wildman–Crippen MR) is 141 cm³/mol. The number of rotatable bonds is 5. The zero-order chi connectivity index (χ0) is 26.2. The second-order valence-electron chi connectivity index (χ2n) is 9.93. The van der Waals surface area contributed by atoms with Crippen molar-refractivity contribution in [1.29, 1.82) is 0 Å². The van der Waals surface area contributed by atoms with Crippen LogP contribution in [0.2, 0.25) is 0 Å². The molecule has 0 spiro atoms. The molecule has 2 fully saturated rings. The lowest BCUT2D eigenvalue weighted by Crippen LogP contribution is -2.45. The molecule has 9 heteroatoms. The fourth-order valence-electron chi connectivity index (χ4n) is 4.96. The summed E-state index contributed by atoms with van der Waals surface area (Å²) >= 11 is 0. The number of hydrogen-bond donors (Lipinski definition) is 0. The van der Waals surface area contributed by atoms with Gasteiger partial charge in [0.25, 0.3) is 5.56 Å². The van der Waals surface area contributed by atoms with Crippen LogP contribution in [0.5, 0.6) is 0 Å². The highest BCUT2D eigenvalue weighted by Gasteiger charge is 2.33. The van der Waals surface area contributed by atoms with Gasteiger partial charge >= 0.3 is 0 Å². The Balaban J connectivity index is 0.000000586. The smallest absolute Gasteiger partial charge is 0.277 e. The monoisotopic (exact) mass is 505 g/mol. The van der Waals surface area contributed by atoms with E-state index in [0.29, 0.717) is 43.1 Å². The molecule has 2 aromatic carbocycles. The van der Waals surface area contributed by atoms with Gasteiger partial charge in [-0.15, -0.1) is 5.10 Å². The topological polar surface area (TPSA) is 97.6 Å². The van der Waals surface area contributed by atoms with Gasteiger partial charge in [-0.3, -0.25) is 14.4 Å². The molecular weight excluding hydrogens is 470 g/mol. The molecule has 0 N–H and O–H groups in total. The van der Waals surface area contributed by atoms with Gasteiger partial charge in [-0.05, 0) is 49.3 Å². The van der Waals surface area contributed by atoms with Crippen LogP contribution in [-0.4, -0.2) is 70.9 Å². The zero-order valence-corrected chi connectivity index (χ0v) is 21.5. The largest absolute Gasteiger partial charge is 0.370 e. The summed E-state index contributed by atoms with van der Waals surface area (Å²) in [5, 5.41) is 8.92. The van der Waals surface area contributed by atoms with Gasteiger partial charge in [0.2, 0.25) is 12.3 Å². The highest BCUT2D eigenvalue weighted by molar-refractivity contribution is 5.79. The molecule has 1 aliphatic heterocycles. The number of nitrogens with zero attached hydrogens (tertiary/aromatic N) is 5. The number of amides is 2. The van der Waals surface area contributed by atoms with E-state index in [-0.39, 0.29) is 23.5 Å². The number of fused-ring (bicyclic) bond motifs is 1. The SMILES string of the molecule is CN(C)C=O.O=C(C1CCC(Cn2nnc3ccccc3c2=O)CC1)N1CCOC(c2ccccc2)C1.